The Morgan fingerprint density at radius 2 is 1.76 bits per heavy atom. The van der Waals surface area contributed by atoms with Crippen LogP contribution >= 0.6 is 12.6 Å². The third kappa shape index (κ3) is 10.4. The molecule has 0 aromatic heterocycles. The normalized spacial score (nSPS) is 13.2. The van der Waals surface area contributed by atoms with E-state index in [1.165, 1.54) is 0 Å². The Morgan fingerprint density at radius 1 is 1.09 bits per heavy atom. The molecule has 0 radical (unpaired) electrons. The van der Waals surface area contributed by atoms with E-state index in [2.05, 4.69) is 30.2 Å². The van der Waals surface area contributed by atoms with Gasteiger partial charge in [0.15, 0.2) is 0 Å². The summed E-state index contributed by atoms with van der Waals surface area (Å²) < 4.78 is 5.34. The van der Waals surface area contributed by atoms with E-state index in [0.717, 1.165) is 36.8 Å². The molecule has 2 N–H and O–H groups in total. The molecule has 3 amide bonds. The molecule has 0 fully saturated rings. The molecule has 0 aliphatic heterocycles. The molecular formula is C26H43N3O4S. The van der Waals surface area contributed by atoms with Crippen molar-refractivity contribution in [3.8, 4) is 0 Å². The van der Waals surface area contributed by atoms with E-state index in [4.69, 9.17) is 4.74 Å². The molecule has 1 rings (SSSR count). The fourth-order valence-corrected chi connectivity index (χ4v) is 3.83. The van der Waals surface area contributed by atoms with Gasteiger partial charge >= 0.3 is 6.09 Å². The first kappa shape index (κ1) is 29.8. The second-order valence-electron chi connectivity index (χ2n) is 9.95. The first-order valence-corrected chi connectivity index (χ1v) is 12.8. The highest BCUT2D eigenvalue weighted by Gasteiger charge is 2.35. The van der Waals surface area contributed by atoms with E-state index < -0.39 is 23.8 Å². The zero-order chi connectivity index (χ0) is 25.9. The molecule has 0 spiro atoms. The Kier molecular flexibility index (Phi) is 12.5. The van der Waals surface area contributed by atoms with Gasteiger partial charge in [-0.15, -0.1) is 0 Å². The van der Waals surface area contributed by atoms with Crippen molar-refractivity contribution in [3.63, 3.8) is 0 Å². The predicted octanol–water partition coefficient (Wildman–Crippen LogP) is 4.79. The van der Waals surface area contributed by atoms with E-state index in [1.807, 2.05) is 45.0 Å². The SMILES string of the molecule is CCCCCCN(C(=O)C(CS)NC(=O)OC(C)(C)C)C(C(=O)NC(C)C)c1cccc(C)c1. The molecule has 0 saturated carbocycles. The quantitative estimate of drug-likeness (QED) is 0.288. The number of rotatable bonds is 12. The molecule has 0 bridgehead atoms. The minimum atomic E-state index is -0.927. The van der Waals surface area contributed by atoms with Crippen LogP contribution in [0.2, 0.25) is 0 Å². The smallest absolute Gasteiger partial charge is 0.408 e. The van der Waals surface area contributed by atoms with E-state index >= 15 is 0 Å². The Balaban J connectivity index is 3.35. The molecule has 2 unspecified atom stereocenters. The number of aryl methyl sites for hydroxylation is 1. The molecular weight excluding hydrogens is 450 g/mol. The molecule has 0 aliphatic rings. The Bertz CT molecular complexity index is 807. The van der Waals surface area contributed by atoms with Gasteiger partial charge < -0.3 is 20.3 Å². The average Bonchev–Trinajstić information content (AvgIpc) is 2.71. The number of thiol groups is 1. The van der Waals surface area contributed by atoms with Gasteiger partial charge in [0.2, 0.25) is 11.8 Å². The lowest BCUT2D eigenvalue weighted by molar-refractivity contribution is -0.142. The van der Waals surface area contributed by atoms with Crippen molar-refractivity contribution in [3.05, 3.63) is 35.4 Å². The van der Waals surface area contributed by atoms with Crippen molar-refractivity contribution in [2.75, 3.05) is 12.3 Å². The van der Waals surface area contributed by atoms with Crippen molar-refractivity contribution in [1.29, 1.82) is 0 Å². The second kappa shape index (κ2) is 14.2. The van der Waals surface area contributed by atoms with Crippen LogP contribution in [0.1, 0.15) is 84.4 Å². The molecule has 0 saturated heterocycles. The summed E-state index contributed by atoms with van der Waals surface area (Å²) in [6, 6.07) is 5.79. The van der Waals surface area contributed by atoms with Crippen LogP contribution in [0.3, 0.4) is 0 Å². The van der Waals surface area contributed by atoms with Crippen LogP contribution in [0.4, 0.5) is 4.79 Å². The molecule has 2 atom stereocenters. The number of nitrogens with one attached hydrogen (secondary N) is 2. The number of carbonyl (C=O) groups is 3. The number of benzene rings is 1. The molecule has 7 nitrogen and oxygen atoms in total. The van der Waals surface area contributed by atoms with E-state index in [1.54, 1.807) is 25.7 Å². The Hall–Kier alpha value is -2.22. The lowest BCUT2D eigenvalue weighted by Crippen LogP contribution is -2.54. The van der Waals surface area contributed by atoms with Gasteiger partial charge in [0.05, 0.1) is 0 Å². The molecule has 1 aromatic rings. The first-order valence-electron chi connectivity index (χ1n) is 12.2. The molecule has 8 heteroatoms. The number of carbonyl (C=O) groups excluding carboxylic acids is 3. The van der Waals surface area contributed by atoms with Crippen molar-refractivity contribution in [2.24, 2.45) is 0 Å². The lowest BCUT2D eigenvalue weighted by Gasteiger charge is -2.34. The minimum absolute atomic E-state index is 0.0792. The molecule has 34 heavy (non-hydrogen) atoms. The third-order valence-electron chi connectivity index (χ3n) is 5.06. The lowest BCUT2D eigenvalue weighted by atomic mass is 10.00. The summed E-state index contributed by atoms with van der Waals surface area (Å²) >= 11 is 4.32. The summed E-state index contributed by atoms with van der Waals surface area (Å²) in [5.41, 5.74) is 1.03. The fraction of sp³-hybridized carbons (Fsp3) is 0.654. The summed E-state index contributed by atoms with van der Waals surface area (Å²) in [5, 5.41) is 5.60. The summed E-state index contributed by atoms with van der Waals surface area (Å²) in [6.45, 7) is 13.5. The molecule has 0 aliphatic carbocycles. The molecule has 1 aromatic carbocycles. The monoisotopic (exact) mass is 493 g/mol. The van der Waals surface area contributed by atoms with Gasteiger partial charge in [-0.05, 0) is 53.5 Å². The van der Waals surface area contributed by atoms with Gasteiger partial charge in [0.1, 0.15) is 17.7 Å². The van der Waals surface area contributed by atoms with Crippen molar-refractivity contribution in [1.82, 2.24) is 15.5 Å². The van der Waals surface area contributed by atoms with Crippen molar-refractivity contribution in [2.45, 2.75) is 97.9 Å². The molecule has 192 valence electrons. The van der Waals surface area contributed by atoms with E-state index in [0.29, 0.717) is 6.54 Å². The maximum atomic E-state index is 13.8. The van der Waals surface area contributed by atoms with Gasteiger partial charge in [-0.3, -0.25) is 9.59 Å². The van der Waals surface area contributed by atoms with Crippen LogP contribution in [-0.2, 0) is 14.3 Å². The topological polar surface area (TPSA) is 87.7 Å². The van der Waals surface area contributed by atoms with Crippen LogP contribution in [0.15, 0.2) is 24.3 Å². The minimum Gasteiger partial charge on any atom is -0.444 e. The number of hydrogen-bond acceptors (Lipinski definition) is 5. The predicted molar refractivity (Wildman–Crippen MR) is 140 cm³/mol. The highest BCUT2D eigenvalue weighted by Crippen LogP contribution is 2.25. The van der Waals surface area contributed by atoms with E-state index in [9.17, 15) is 14.4 Å². The van der Waals surface area contributed by atoms with Gasteiger partial charge in [0.25, 0.3) is 0 Å². The maximum Gasteiger partial charge on any atom is 0.408 e. The third-order valence-corrected chi connectivity index (χ3v) is 5.42. The van der Waals surface area contributed by atoms with Gasteiger partial charge in [-0.2, -0.15) is 12.6 Å². The fourth-order valence-electron chi connectivity index (χ4n) is 3.59. The maximum absolute atomic E-state index is 13.8. The van der Waals surface area contributed by atoms with Crippen LogP contribution in [0, 0.1) is 6.92 Å². The standard InChI is InChI=1S/C26H43N3O4S/c1-8-9-10-11-15-29(24(31)21(17-34)28-25(32)33-26(5,6)7)22(23(30)27-18(2)3)20-14-12-13-19(4)16-20/h12-14,16,18,21-22,34H,8-11,15,17H2,1-7H3,(H,27,30)(H,28,32). The molecule has 0 heterocycles. The summed E-state index contributed by atoms with van der Waals surface area (Å²) in [6.07, 6.45) is 3.11. The first-order chi connectivity index (χ1) is 15.9. The van der Waals surface area contributed by atoms with Gasteiger partial charge in [0, 0.05) is 18.3 Å². The Morgan fingerprint density at radius 3 is 2.29 bits per heavy atom. The average molecular weight is 494 g/mol. The summed E-state index contributed by atoms with van der Waals surface area (Å²) in [4.78, 5) is 41.1. The van der Waals surface area contributed by atoms with Gasteiger partial charge in [-0.25, -0.2) is 4.79 Å². The van der Waals surface area contributed by atoms with Gasteiger partial charge in [-0.1, -0.05) is 56.0 Å². The van der Waals surface area contributed by atoms with Crippen LogP contribution < -0.4 is 10.6 Å². The summed E-state index contributed by atoms with van der Waals surface area (Å²) in [5.74, 6) is -0.530. The number of hydrogen-bond donors (Lipinski definition) is 3. The summed E-state index contributed by atoms with van der Waals surface area (Å²) in [7, 11) is 0. The highest BCUT2D eigenvalue weighted by atomic mass is 32.1. The number of alkyl carbamates (subject to hydrolysis) is 1. The van der Waals surface area contributed by atoms with E-state index in [-0.39, 0.29) is 23.6 Å². The second-order valence-corrected chi connectivity index (χ2v) is 10.3. The number of amides is 3. The zero-order valence-corrected chi connectivity index (χ0v) is 22.7. The highest BCUT2D eigenvalue weighted by molar-refractivity contribution is 7.80. The number of nitrogens with zero attached hydrogens (tertiary/aromatic N) is 1. The van der Waals surface area contributed by atoms with Crippen LogP contribution in [-0.4, -0.2) is 52.8 Å². The number of unbranched alkanes of at least 4 members (excludes halogenated alkanes) is 3. The van der Waals surface area contributed by atoms with Crippen LogP contribution in [0.25, 0.3) is 0 Å². The largest absolute Gasteiger partial charge is 0.444 e. The van der Waals surface area contributed by atoms with Crippen LogP contribution in [0.5, 0.6) is 0 Å². The number of ether oxygens (including phenoxy) is 1. The van der Waals surface area contributed by atoms with Crippen molar-refractivity contribution < 1.29 is 19.1 Å². The Labute approximate surface area is 210 Å². The zero-order valence-electron chi connectivity index (χ0n) is 21.8. The van der Waals surface area contributed by atoms with Crippen molar-refractivity contribution >= 4 is 30.5 Å².